The molecule has 0 spiro atoms. The van der Waals surface area contributed by atoms with Gasteiger partial charge in [0.2, 0.25) is 0 Å². The van der Waals surface area contributed by atoms with Gasteiger partial charge in [0.05, 0.1) is 0 Å². The Bertz CT molecular complexity index is 574. The standard InChI is InChI=1S/C11H9NS/c1-7-6-9-8-4-2-3-5-10(8)12-11(9)13-7/h2-6,12H,1H3. The second-order valence-corrected chi connectivity index (χ2v) is 4.53. The second-order valence-electron chi connectivity index (χ2n) is 3.27. The number of thiophene rings is 1. The molecule has 0 saturated carbocycles. The lowest BCUT2D eigenvalue weighted by Crippen LogP contribution is -1.64. The molecule has 64 valence electrons. The Kier molecular flexibility index (Phi) is 1.30. The number of para-hydroxylation sites is 1. The number of rotatable bonds is 0. The van der Waals surface area contributed by atoms with Gasteiger partial charge in [-0.15, -0.1) is 11.3 Å². The zero-order chi connectivity index (χ0) is 8.84. The molecule has 0 atom stereocenters. The number of aromatic amines is 1. The minimum Gasteiger partial charge on any atom is -0.346 e. The molecule has 0 radical (unpaired) electrons. The van der Waals surface area contributed by atoms with Crippen molar-refractivity contribution in [1.29, 1.82) is 0 Å². The molecule has 1 nitrogen and oxygen atoms in total. The van der Waals surface area contributed by atoms with E-state index in [4.69, 9.17) is 0 Å². The molecule has 3 aromatic rings. The lowest BCUT2D eigenvalue weighted by molar-refractivity contribution is 1.58. The van der Waals surface area contributed by atoms with Crippen LogP contribution in [0.4, 0.5) is 0 Å². The maximum atomic E-state index is 3.42. The summed E-state index contributed by atoms with van der Waals surface area (Å²) in [6.07, 6.45) is 0. The minimum atomic E-state index is 1.24. The molecule has 2 heterocycles. The van der Waals surface area contributed by atoms with Gasteiger partial charge >= 0.3 is 0 Å². The van der Waals surface area contributed by atoms with Gasteiger partial charge in [-0.25, -0.2) is 0 Å². The average Bonchev–Trinajstić information content (AvgIpc) is 2.60. The number of hydrogen-bond acceptors (Lipinski definition) is 1. The van der Waals surface area contributed by atoms with Gasteiger partial charge in [-0.05, 0) is 19.1 Å². The Morgan fingerprint density at radius 2 is 2.00 bits per heavy atom. The van der Waals surface area contributed by atoms with E-state index in [1.54, 1.807) is 0 Å². The first-order valence-electron chi connectivity index (χ1n) is 4.31. The van der Waals surface area contributed by atoms with Crippen molar-refractivity contribution in [3.05, 3.63) is 35.2 Å². The molecular weight excluding hydrogens is 178 g/mol. The third-order valence-electron chi connectivity index (χ3n) is 2.32. The quantitative estimate of drug-likeness (QED) is 0.552. The Morgan fingerprint density at radius 3 is 2.92 bits per heavy atom. The zero-order valence-electron chi connectivity index (χ0n) is 7.29. The van der Waals surface area contributed by atoms with E-state index in [9.17, 15) is 0 Å². The molecule has 1 aromatic carbocycles. The Balaban J connectivity index is 2.60. The van der Waals surface area contributed by atoms with E-state index in [-0.39, 0.29) is 0 Å². The summed E-state index contributed by atoms with van der Waals surface area (Å²) in [6.45, 7) is 2.15. The number of hydrogen-bond donors (Lipinski definition) is 1. The molecule has 13 heavy (non-hydrogen) atoms. The van der Waals surface area contributed by atoms with Crippen LogP contribution in [0.15, 0.2) is 30.3 Å². The molecule has 0 unspecified atom stereocenters. The van der Waals surface area contributed by atoms with E-state index < -0.39 is 0 Å². The van der Waals surface area contributed by atoms with E-state index >= 15 is 0 Å². The van der Waals surface area contributed by atoms with Gasteiger partial charge in [0.1, 0.15) is 4.83 Å². The van der Waals surface area contributed by atoms with Crippen molar-refractivity contribution in [1.82, 2.24) is 4.98 Å². The van der Waals surface area contributed by atoms with E-state index in [1.165, 1.54) is 26.0 Å². The third-order valence-corrected chi connectivity index (χ3v) is 3.29. The van der Waals surface area contributed by atoms with Crippen LogP contribution >= 0.6 is 11.3 Å². The van der Waals surface area contributed by atoms with Crippen LogP contribution in [0.25, 0.3) is 21.1 Å². The monoisotopic (exact) mass is 187 g/mol. The van der Waals surface area contributed by atoms with Crippen molar-refractivity contribution in [2.45, 2.75) is 6.92 Å². The molecule has 2 heteroatoms. The molecule has 0 fully saturated rings. The first-order chi connectivity index (χ1) is 6.34. The largest absolute Gasteiger partial charge is 0.346 e. The molecule has 0 aliphatic rings. The van der Waals surface area contributed by atoms with Gasteiger partial charge in [-0.1, -0.05) is 18.2 Å². The summed E-state index contributed by atoms with van der Waals surface area (Å²) in [5.74, 6) is 0. The Hall–Kier alpha value is -1.28. The van der Waals surface area contributed by atoms with Crippen molar-refractivity contribution in [2.75, 3.05) is 0 Å². The summed E-state index contributed by atoms with van der Waals surface area (Å²) in [5.41, 5.74) is 1.24. The van der Waals surface area contributed by atoms with E-state index in [1.807, 2.05) is 11.3 Å². The highest BCUT2D eigenvalue weighted by molar-refractivity contribution is 7.18. The van der Waals surface area contributed by atoms with Crippen LogP contribution in [0.5, 0.6) is 0 Å². The second kappa shape index (κ2) is 2.36. The van der Waals surface area contributed by atoms with Gasteiger partial charge in [0, 0.05) is 21.2 Å². The van der Waals surface area contributed by atoms with Gasteiger partial charge in [-0.2, -0.15) is 0 Å². The van der Waals surface area contributed by atoms with Crippen molar-refractivity contribution in [3.8, 4) is 0 Å². The predicted molar refractivity (Wildman–Crippen MR) is 58.4 cm³/mol. The fraction of sp³-hybridized carbons (Fsp3) is 0.0909. The Morgan fingerprint density at radius 1 is 1.15 bits per heavy atom. The summed E-state index contributed by atoms with van der Waals surface area (Å²) in [6, 6.07) is 10.7. The molecule has 1 N–H and O–H groups in total. The minimum absolute atomic E-state index is 1.24. The van der Waals surface area contributed by atoms with Gasteiger partial charge in [0.25, 0.3) is 0 Å². The third kappa shape index (κ3) is 0.923. The smallest absolute Gasteiger partial charge is 0.101 e. The highest BCUT2D eigenvalue weighted by atomic mass is 32.1. The SMILES string of the molecule is Cc1cc2c([nH]c3ccccc32)s1. The number of benzene rings is 1. The summed E-state index contributed by atoms with van der Waals surface area (Å²) >= 11 is 1.82. The van der Waals surface area contributed by atoms with Crippen molar-refractivity contribution in [2.24, 2.45) is 0 Å². The van der Waals surface area contributed by atoms with Gasteiger partial charge < -0.3 is 4.98 Å². The lowest BCUT2D eigenvalue weighted by atomic mass is 10.2. The summed E-state index contributed by atoms with van der Waals surface area (Å²) in [7, 11) is 0. The molecular formula is C11H9NS. The Labute approximate surface area is 80.0 Å². The average molecular weight is 187 g/mol. The molecule has 0 amide bonds. The molecule has 0 aliphatic carbocycles. The maximum absolute atomic E-state index is 3.42. The summed E-state index contributed by atoms with van der Waals surface area (Å²) in [4.78, 5) is 6.08. The van der Waals surface area contributed by atoms with Gasteiger partial charge in [0.15, 0.2) is 0 Å². The maximum Gasteiger partial charge on any atom is 0.101 e. The first kappa shape index (κ1) is 7.15. The van der Waals surface area contributed by atoms with Crippen LogP contribution in [0.2, 0.25) is 0 Å². The highest BCUT2D eigenvalue weighted by Crippen LogP contribution is 2.31. The van der Waals surface area contributed by atoms with Crippen LogP contribution in [0.3, 0.4) is 0 Å². The normalized spacial score (nSPS) is 11.5. The first-order valence-corrected chi connectivity index (χ1v) is 5.13. The fourth-order valence-corrected chi connectivity index (χ4v) is 2.70. The van der Waals surface area contributed by atoms with E-state index in [0.29, 0.717) is 0 Å². The number of fused-ring (bicyclic) bond motifs is 3. The highest BCUT2D eigenvalue weighted by Gasteiger charge is 2.05. The molecule has 2 aromatic heterocycles. The van der Waals surface area contributed by atoms with Crippen LogP contribution < -0.4 is 0 Å². The van der Waals surface area contributed by atoms with Crippen LogP contribution in [-0.2, 0) is 0 Å². The molecule has 0 saturated heterocycles. The molecule has 0 aliphatic heterocycles. The summed E-state index contributed by atoms with van der Waals surface area (Å²) < 4.78 is 0. The van der Waals surface area contributed by atoms with Crippen molar-refractivity contribution >= 4 is 32.5 Å². The number of H-pyrrole nitrogens is 1. The number of aromatic nitrogens is 1. The van der Waals surface area contributed by atoms with Gasteiger partial charge in [-0.3, -0.25) is 0 Å². The lowest BCUT2D eigenvalue weighted by Gasteiger charge is -1.86. The number of aryl methyl sites for hydroxylation is 1. The van der Waals surface area contributed by atoms with Crippen LogP contribution in [0, 0.1) is 6.92 Å². The fourth-order valence-electron chi connectivity index (χ4n) is 1.76. The number of nitrogens with one attached hydrogen (secondary N) is 1. The molecule has 0 bridgehead atoms. The summed E-state index contributed by atoms with van der Waals surface area (Å²) in [5, 5.41) is 2.69. The van der Waals surface area contributed by atoms with Crippen LogP contribution in [-0.4, -0.2) is 4.98 Å². The zero-order valence-corrected chi connectivity index (χ0v) is 8.11. The van der Waals surface area contributed by atoms with Crippen molar-refractivity contribution < 1.29 is 0 Å². The topological polar surface area (TPSA) is 15.8 Å². The predicted octanol–water partition coefficient (Wildman–Crippen LogP) is 3.69. The van der Waals surface area contributed by atoms with E-state index in [0.717, 1.165) is 0 Å². The van der Waals surface area contributed by atoms with E-state index in [2.05, 4.69) is 42.2 Å². The molecule has 3 rings (SSSR count). The van der Waals surface area contributed by atoms with Crippen molar-refractivity contribution in [3.63, 3.8) is 0 Å². The van der Waals surface area contributed by atoms with Crippen LogP contribution in [0.1, 0.15) is 4.88 Å².